The van der Waals surface area contributed by atoms with Crippen LogP contribution >= 0.6 is 10.2 Å². The van der Waals surface area contributed by atoms with Gasteiger partial charge in [0.05, 0.1) is 5.56 Å². The van der Waals surface area contributed by atoms with Crippen molar-refractivity contribution in [3.05, 3.63) is 23.8 Å². The largest absolute Gasteiger partial charge is 0.478 e. The van der Waals surface area contributed by atoms with E-state index in [1.165, 1.54) is 4.90 Å². The van der Waals surface area contributed by atoms with E-state index in [0.29, 0.717) is 19.2 Å². The quantitative estimate of drug-likeness (QED) is 0.790. The average molecular weight is 331 g/mol. The van der Waals surface area contributed by atoms with E-state index in [9.17, 15) is 24.2 Å². The summed E-state index contributed by atoms with van der Waals surface area (Å²) >= 11 is 0. The minimum absolute atomic E-state index is 0.00264. The van der Waals surface area contributed by atoms with Crippen LogP contribution in [0, 0.1) is 0 Å². The molecular formula is C12H14F5NO2S. The highest BCUT2D eigenvalue weighted by Crippen LogP contribution is 3.02. The Kier molecular flexibility index (Phi) is 3.21. The number of carboxylic acid groups (broad SMARTS) is 1. The van der Waals surface area contributed by atoms with E-state index >= 15 is 0 Å². The molecular weight excluding hydrogens is 317 g/mol. The summed E-state index contributed by atoms with van der Waals surface area (Å²) in [5, 5.41) is 8.85. The van der Waals surface area contributed by atoms with Crippen LogP contribution in [0.4, 0.5) is 25.1 Å². The number of hydrogen-bond acceptors (Lipinski definition) is 2. The molecule has 0 atom stereocenters. The Morgan fingerprint density at radius 2 is 1.57 bits per heavy atom. The monoisotopic (exact) mass is 331 g/mol. The molecule has 21 heavy (non-hydrogen) atoms. The van der Waals surface area contributed by atoms with E-state index in [2.05, 4.69) is 0 Å². The number of carbonyl (C=O) groups is 1. The molecule has 1 aliphatic rings. The number of carboxylic acids is 1. The first-order valence-corrected chi connectivity index (χ1v) is 8.19. The smallest absolute Gasteiger partial charge is 0.335 e. The number of rotatable bonds is 3. The Hall–Kier alpha value is -1.51. The molecule has 1 aromatic rings. The Bertz CT molecular complexity index is 581. The second-order valence-corrected chi connectivity index (χ2v) is 7.45. The summed E-state index contributed by atoms with van der Waals surface area (Å²) in [6.07, 6.45) is 2.36. The van der Waals surface area contributed by atoms with Gasteiger partial charge in [0.2, 0.25) is 0 Å². The minimum atomic E-state index is -9.91. The van der Waals surface area contributed by atoms with E-state index in [4.69, 9.17) is 5.11 Å². The van der Waals surface area contributed by atoms with Crippen LogP contribution in [0.3, 0.4) is 0 Å². The lowest BCUT2D eigenvalue weighted by Crippen LogP contribution is -2.29. The van der Waals surface area contributed by atoms with Crippen LogP contribution in [0.1, 0.15) is 29.6 Å². The van der Waals surface area contributed by atoms with Crippen LogP contribution in [0.5, 0.6) is 0 Å². The second kappa shape index (κ2) is 4.25. The van der Waals surface area contributed by atoms with E-state index in [1.54, 1.807) is 0 Å². The van der Waals surface area contributed by atoms with Gasteiger partial charge in [-0.05, 0) is 37.5 Å². The molecule has 1 aliphatic heterocycles. The van der Waals surface area contributed by atoms with Crippen LogP contribution in [0.25, 0.3) is 0 Å². The van der Waals surface area contributed by atoms with Crippen LogP contribution < -0.4 is 4.90 Å². The molecule has 0 aliphatic carbocycles. The fourth-order valence-electron chi connectivity index (χ4n) is 2.26. The van der Waals surface area contributed by atoms with Crippen molar-refractivity contribution in [1.29, 1.82) is 0 Å². The van der Waals surface area contributed by atoms with Gasteiger partial charge in [-0.25, -0.2) is 4.79 Å². The summed E-state index contributed by atoms with van der Waals surface area (Å²) in [4.78, 5) is 10.3. The van der Waals surface area contributed by atoms with Crippen molar-refractivity contribution in [2.75, 3.05) is 18.0 Å². The van der Waals surface area contributed by atoms with E-state index in [-0.39, 0.29) is 11.8 Å². The molecule has 0 radical (unpaired) electrons. The highest BCUT2D eigenvalue weighted by atomic mass is 32.5. The third kappa shape index (κ3) is 3.78. The van der Waals surface area contributed by atoms with Crippen molar-refractivity contribution in [3.8, 4) is 0 Å². The number of benzene rings is 1. The average Bonchev–Trinajstić information content (AvgIpc) is 2.36. The topological polar surface area (TPSA) is 40.5 Å². The molecule has 0 saturated carbocycles. The van der Waals surface area contributed by atoms with Gasteiger partial charge in [0.15, 0.2) is 0 Å². The van der Waals surface area contributed by atoms with Crippen molar-refractivity contribution >= 4 is 21.9 Å². The fourth-order valence-corrected chi connectivity index (χ4v) is 2.96. The summed E-state index contributed by atoms with van der Waals surface area (Å²) in [6.45, 7) is 0.839. The molecule has 0 bridgehead atoms. The predicted octanol–water partition coefficient (Wildman–Crippen LogP) is 5.03. The van der Waals surface area contributed by atoms with Gasteiger partial charge in [0.1, 0.15) is 4.90 Å². The molecule has 120 valence electrons. The fraction of sp³-hybridized carbons (Fsp3) is 0.417. The molecule has 9 heteroatoms. The lowest BCUT2D eigenvalue weighted by molar-refractivity contribution is 0.0696. The highest BCUT2D eigenvalue weighted by Gasteiger charge is 2.65. The van der Waals surface area contributed by atoms with E-state index in [0.717, 1.165) is 25.3 Å². The van der Waals surface area contributed by atoms with Crippen molar-refractivity contribution in [1.82, 2.24) is 0 Å². The zero-order chi connectivity index (χ0) is 16.0. The van der Waals surface area contributed by atoms with Gasteiger partial charge < -0.3 is 10.0 Å². The maximum Gasteiger partial charge on any atom is 0.335 e. The number of halogens is 5. The maximum atomic E-state index is 12.9. The molecule has 1 heterocycles. The maximum absolute atomic E-state index is 12.9. The third-order valence-electron chi connectivity index (χ3n) is 3.30. The molecule has 1 aromatic carbocycles. The molecule has 3 nitrogen and oxygen atoms in total. The van der Waals surface area contributed by atoms with Crippen LogP contribution in [0.15, 0.2) is 23.1 Å². The Balaban J connectivity index is 2.57. The SMILES string of the molecule is O=C(O)c1cc(N2CCCCC2)cc(S(F)(F)(F)(F)F)c1. The molecule has 1 saturated heterocycles. The summed E-state index contributed by atoms with van der Waals surface area (Å²) in [5.74, 6) is -1.67. The molecule has 2 rings (SSSR count). The summed E-state index contributed by atoms with van der Waals surface area (Å²) < 4.78 is 64.6. The lowest BCUT2D eigenvalue weighted by Gasteiger charge is -2.41. The van der Waals surface area contributed by atoms with E-state index < -0.39 is 26.7 Å². The zero-order valence-corrected chi connectivity index (χ0v) is 11.7. The first-order chi connectivity index (χ1) is 9.36. The molecule has 1 N–H and O–H groups in total. The molecule has 0 spiro atoms. The lowest BCUT2D eigenvalue weighted by atomic mass is 10.1. The summed E-state index contributed by atoms with van der Waals surface area (Å²) in [5.41, 5.74) is -0.917. The normalized spacial score (nSPS) is 19.8. The van der Waals surface area contributed by atoms with Gasteiger partial charge in [0, 0.05) is 18.8 Å². The Morgan fingerprint density at radius 1 is 1.00 bits per heavy atom. The number of hydrogen-bond donors (Lipinski definition) is 1. The minimum Gasteiger partial charge on any atom is -0.478 e. The second-order valence-electron chi connectivity index (χ2n) is 5.04. The van der Waals surface area contributed by atoms with Crippen LogP contribution in [-0.2, 0) is 0 Å². The van der Waals surface area contributed by atoms with Gasteiger partial charge in [-0.15, -0.1) is 0 Å². The van der Waals surface area contributed by atoms with Gasteiger partial charge in [-0.3, -0.25) is 0 Å². The van der Waals surface area contributed by atoms with Gasteiger partial charge in [-0.1, -0.05) is 19.4 Å². The van der Waals surface area contributed by atoms with Gasteiger partial charge >= 0.3 is 16.2 Å². The van der Waals surface area contributed by atoms with Crippen molar-refractivity contribution in [3.63, 3.8) is 0 Å². The van der Waals surface area contributed by atoms with Crippen LogP contribution in [0.2, 0.25) is 0 Å². The summed E-state index contributed by atoms with van der Waals surface area (Å²) in [6, 6.07) is 1.34. The molecule has 0 amide bonds. The number of nitrogens with zero attached hydrogens (tertiary/aromatic N) is 1. The van der Waals surface area contributed by atoms with Crippen LogP contribution in [-0.4, -0.2) is 24.2 Å². The Labute approximate surface area is 118 Å². The molecule has 1 fully saturated rings. The van der Waals surface area contributed by atoms with Crippen molar-refractivity contribution in [2.24, 2.45) is 0 Å². The first-order valence-electron chi connectivity index (χ1n) is 6.24. The Morgan fingerprint density at radius 3 is 2.05 bits per heavy atom. The zero-order valence-electron chi connectivity index (χ0n) is 10.9. The number of piperidine rings is 1. The number of aromatic carboxylic acids is 1. The van der Waals surface area contributed by atoms with E-state index in [1.807, 2.05) is 0 Å². The number of anilines is 1. The third-order valence-corrected chi connectivity index (χ3v) is 4.43. The first kappa shape index (κ1) is 15.9. The van der Waals surface area contributed by atoms with Crippen molar-refractivity contribution in [2.45, 2.75) is 24.2 Å². The molecule has 0 unspecified atom stereocenters. The standard InChI is InChI=1S/C12H14F5NO2S/c13-21(14,15,16,17)11-7-9(12(19)20)6-10(8-11)18-4-2-1-3-5-18/h6-8H,1-5H2,(H,19,20). The molecule has 0 aromatic heterocycles. The van der Waals surface area contributed by atoms with Crippen molar-refractivity contribution < 1.29 is 29.3 Å². The van der Waals surface area contributed by atoms with Gasteiger partial charge in [0.25, 0.3) is 0 Å². The highest BCUT2D eigenvalue weighted by molar-refractivity contribution is 8.45. The van der Waals surface area contributed by atoms with Gasteiger partial charge in [-0.2, -0.15) is 0 Å². The predicted molar refractivity (Wildman–Crippen MR) is 70.9 cm³/mol. The summed E-state index contributed by atoms with van der Waals surface area (Å²) in [7, 11) is -9.91.